The molecule has 10 heteroatoms. The number of nitrogens with zero attached hydrogens (tertiary/aromatic N) is 2. The lowest BCUT2D eigenvalue weighted by molar-refractivity contribution is -0.384. The standard InChI is InChI=1S/C22H25N3O7/c1-3-30-18-8-5-15(11-20(18)31-4-2)9-10-23-21(26)13-24-14-22(27)32-19-12-16(25(28)29)6-7-17(19)24/h5-8,11-12H,3-4,9-10,13-14H2,1-2H3,(H,23,26). The van der Waals surface area contributed by atoms with Crippen LogP contribution in [0.4, 0.5) is 11.4 Å². The van der Waals surface area contributed by atoms with Crippen molar-refractivity contribution >= 4 is 23.3 Å². The number of nitrogens with one attached hydrogen (secondary N) is 1. The largest absolute Gasteiger partial charge is 0.490 e. The fourth-order valence-electron chi connectivity index (χ4n) is 3.32. The van der Waals surface area contributed by atoms with Gasteiger partial charge in [0.1, 0.15) is 6.54 Å². The number of carbonyl (C=O) groups excluding carboxylic acids is 2. The molecule has 2 aromatic carbocycles. The van der Waals surface area contributed by atoms with Crippen molar-refractivity contribution in [2.45, 2.75) is 20.3 Å². The number of amides is 1. The molecule has 1 heterocycles. The summed E-state index contributed by atoms with van der Waals surface area (Å²) in [6.07, 6.45) is 0.586. The number of esters is 1. The highest BCUT2D eigenvalue weighted by atomic mass is 16.6. The third-order valence-corrected chi connectivity index (χ3v) is 4.72. The van der Waals surface area contributed by atoms with Crippen LogP contribution in [-0.4, -0.2) is 49.6 Å². The number of nitro benzene ring substituents is 1. The molecule has 0 saturated heterocycles. The summed E-state index contributed by atoms with van der Waals surface area (Å²) in [5.41, 5.74) is 1.25. The van der Waals surface area contributed by atoms with Crippen LogP contribution in [0.2, 0.25) is 0 Å². The highest BCUT2D eigenvalue weighted by Crippen LogP contribution is 2.35. The molecule has 0 unspecified atom stereocenters. The highest BCUT2D eigenvalue weighted by molar-refractivity contribution is 5.89. The van der Waals surface area contributed by atoms with Crippen LogP contribution in [0.15, 0.2) is 36.4 Å². The Bertz CT molecular complexity index is 1010. The lowest BCUT2D eigenvalue weighted by Gasteiger charge is -2.28. The quantitative estimate of drug-likeness (QED) is 0.257. The number of fused-ring (bicyclic) bond motifs is 1. The smallest absolute Gasteiger partial charge is 0.331 e. The normalized spacial score (nSPS) is 12.6. The molecule has 0 saturated carbocycles. The van der Waals surface area contributed by atoms with Crippen molar-refractivity contribution in [2.24, 2.45) is 0 Å². The average molecular weight is 443 g/mol. The zero-order chi connectivity index (χ0) is 23.1. The molecular formula is C22H25N3O7. The maximum absolute atomic E-state index is 12.4. The first-order chi connectivity index (χ1) is 15.4. The van der Waals surface area contributed by atoms with E-state index in [2.05, 4.69) is 5.32 Å². The summed E-state index contributed by atoms with van der Waals surface area (Å²) in [6, 6.07) is 9.63. The van der Waals surface area contributed by atoms with E-state index >= 15 is 0 Å². The summed E-state index contributed by atoms with van der Waals surface area (Å²) >= 11 is 0. The summed E-state index contributed by atoms with van der Waals surface area (Å²) < 4.78 is 16.3. The van der Waals surface area contributed by atoms with Gasteiger partial charge in [-0.1, -0.05) is 6.07 Å². The average Bonchev–Trinajstić information content (AvgIpc) is 2.75. The van der Waals surface area contributed by atoms with Gasteiger partial charge in [-0.15, -0.1) is 0 Å². The molecule has 32 heavy (non-hydrogen) atoms. The Labute approximate surface area is 185 Å². The predicted octanol–water partition coefficient (Wildman–Crippen LogP) is 2.48. The van der Waals surface area contributed by atoms with E-state index in [4.69, 9.17) is 14.2 Å². The van der Waals surface area contributed by atoms with Gasteiger partial charge in [-0.05, 0) is 44.0 Å². The Morgan fingerprint density at radius 1 is 1.16 bits per heavy atom. The van der Waals surface area contributed by atoms with Crippen molar-refractivity contribution in [2.75, 3.05) is 37.7 Å². The summed E-state index contributed by atoms with van der Waals surface area (Å²) in [6.45, 7) is 5.06. The molecule has 0 aliphatic carbocycles. The zero-order valence-corrected chi connectivity index (χ0v) is 18.0. The van der Waals surface area contributed by atoms with Crippen LogP contribution in [0, 0.1) is 10.1 Å². The van der Waals surface area contributed by atoms with E-state index in [-0.39, 0.29) is 30.4 Å². The molecule has 1 amide bonds. The number of anilines is 1. The van der Waals surface area contributed by atoms with Crippen molar-refractivity contribution < 1.29 is 28.7 Å². The summed E-state index contributed by atoms with van der Waals surface area (Å²) in [5.74, 6) is 0.554. The summed E-state index contributed by atoms with van der Waals surface area (Å²) in [7, 11) is 0. The van der Waals surface area contributed by atoms with Gasteiger partial charge in [0.2, 0.25) is 5.91 Å². The van der Waals surface area contributed by atoms with Gasteiger partial charge in [-0.2, -0.15) is 0 Å². The number of ether oxygens (including phenoxy) is 3. The second-order valence-electron chi connectivity index (χ2n) is 6.99. The van der Waals surface area contributed by atoms with Crippen molar-refractivity contribution in [1.82, 2.24) is 5.32 Å². The molecule has 170 valence electrons. The van der Waals surface area contributed by atoms with Crippen molar-refractivity contribution in [3.8, 4) is 17.2 Å². The Hall–Kier alpha value is -3.82. The van der Waals surface area contributed by atoms with Gasteiger partial charge in [0.15, 0.2) is 17.2 Å². The van der Waals surface area contributed by atoms with E-state index in [1.807, 2.05) is 32.0 Å². The molecule has 0 atom stereocenters. The first-order valence-electron chi connectivity index (χ1n) is 10.3. The molecule has 2 aromatic rings. The van der Waals surface area contributed by atoms with E-state index in [1.165, 1.54) is 23.1 Å². The van der Waals surface area contributed by atoms with Crippen LogP contribution in [0.25, 0.3) is 0 Å². The number of rotatable bonds is 10. The van der Waals surface area contributed by atoms with Crippen LogP contribution in [0.3, 0.4) is 0 Å². The maximum Gasteiger partial charge on any atom is 0.331 e. The first kappa shape index (κ1) is 22.9. The van der Waals surface area contributed by atoms with Gasteiger partial charge in [0.05, 0.1) is 36.4 Å². The molecule has 1 aliphatic rings. The molecule has 0 radical (unpaired) electrons. The molecule has 0 aromatic heterocycles. The van der Waals surface area contributed by atoms with E-state index in [1.54, 1.807) is 0 Å². The topological polar surface area (TPSA) is 120 Å². The molecular weight excluding hydrogens is 418 g/mol. The molecule has 1 N–H and O–H groups in total. The maximum atomic E-state index is 12.4. The number of nitro groups is 1. The van der Waals surface area contributed by atoms with Crippen LogP contribution >= 0.6 is 0 Å². The number of hydrogen-bond acceptors (Lipinski definition) is 8. The Morgan fingerprint density at radius 2 is 1.91 bits per heavy atom. The van der Waals surface area contributed by atoms with Crippen LogP contribution in [0.5, 0.6) is 17.2 Å². The number of benzene rings is 2. The van der Waals surface area contributed by atoms with Crippen LogP contribution in [-0.2, 0) is 16.0 Å². The Morgan fingerprint density at radius 3 is 2.62 bits per heavy atom. The minimum Gasteiger partial charge on any atom is -0.490 e. The molecule has 3 rings (SSSR count). The molecule has 1 aliphatic heterocycles. The van der Waals surface area contributed by atoms with E-state index in [0.717, 1.165) is 5.56 Å². The monoisotopic (exact) mass is 443 g/mol. The summed E-state index contributed by atoms with van der Waals surface area (Å²) in [4.78, 5) is 36.2. The van der Waals surface area contributed by atoms with E-state index in [0.29, 0.717) is 43.4 Å². The predicted molar refractivity (Wildman–Crippen MR) is 116 cm³/mol. The Balaban J connectivity index is 1.58. The Kier molecular flexibility index (Phi) is 7.48. The van der Waals surface area contributed by atoms with Gasteiger partial charge >= 0.3 is 5.97 Å². The lowest BCUT2D eigenvalue weighted by atomic mass is 10.1. The number of non-ortho nitro benzene ring substituents is 1. The third-order valence-electron chi connectivity index (χ3n) is 4.72. The lowest BCUT2D eigenvalue weighted by Crippen LogP contribution is -2.43. The molecule has 10 nitrogen and oxygen atoms in total. The van der Waals surface area contributed by atoms with Crippen LogP contribution in [0.1, 0.15) is 19.4 Å². The van der Waals surface area contributed by atoms with E-state index in [9.17, 15) is 19.7 Å². The van der Waals surface area contributed by atoms with Gasteiger partial charge in [0, 0.05) is 12.6 Å². The second-order valence-corrected chi connectivity index (χ2v) is 6.99. The SMILES string of the molecule is CCOc1ccc(CCNC(=O)CN2CC(=O)Oc3cc([N+](=O)[O-])ccc32)cc1OCC. The van der Waals surface area contributed by atoms with Crippen molar-refractivity contribution in [3.05, 3.63) is 52.1 Å². The minimum absolute atomic E-state index is 0.0705. The second kappa shape index (κ2) is 10.5. The fourth-order valence-corrected chi connectivity index (χ4v) is 3.32. The van der Waals surface area contributed by atoms with Crippen molar-refractivity contribution in [1.29, 1.82) is 0 Å². The molecule has 0 bridgehead atoms. The van der Waals surface area contributed by atoms with Gasteiger partial charge in [0.25, 0.3) is 5.69 Å². The van der Waals surface area contributed by atoms with Gasteiger partial charge in [-0.3, -0.25) is 14.9 Å². The minimum atomic E-state index is -0.580. The van der Waals surface area contributed by atoms with Crippen LogP contribution < -0.4 is 24.4 Å². The number of hydrogen-bond donors (Lipinski definition) is 1. The summed E-state index contributed by atoms with van der Waals surface area (Å²) in [5, 5.41) is 13.8. The molecule has 0 spiro atoms. The molecule has 0 fully saturated rings. The van der Waals surface area contributed by atoms with Crippen molar-refractivity contribution in [3.63, 3.8) is 0 Å². The third kappa shape index (κ3) is 5.65. The fraction of sp³-hybridized carbons (Fsp3) is 0.364. The highest BCUT2D eigenvalue weighted by Gasteiger charge is 2.27. The zero-order valence-electron chi connectivity index (χ0n) is 18.0. The van der Waals surface area contributed by atoms with Gasteiger partial charge < -0.3 is 24.4 Å². The van der Waals surface area contributed by atoms with Gasteiger partial charge in [-0.25, -0.2) is 4.79 Å². The number of carbonyl (C=O) groups is 2. The first-order valence-corrected chi connectivity index (χ1v) is 10.3. The van der Waals surface area contributed by atoms with E-state index < -0.39 is 10.9 Å².